The molecule has 1 aromatic rings. The smallest absolute Gasteiger partial charge is 0.358 e. The summed E-state index contributed by atoms with van der Waals surface area (Å²) in [5.41, 5.74) is 0. The molecule has 0 fully saturated rings. The Kier molecular flexibility index (Phi) is 2.00. The molecule has 0 spiro atoms. The molecule has 0 atom stereocenters. The van der Waals surface area contributed by atoms with E-state index in [-0.39, 0.29) is 5.82 Å². The van der Waals surface area contributed by atoms with Crippen molar-refractivity contribution < 1.29 is 4.92 Å². The number of aromatic amines is 1. The van der Waals surface area contributed by atoms with Gasteiger partial charge in [0, 0.05) is 0 Å². The fraction of sp³-hybridized carbons (Fsp3) is 0. The summed E-state index contributed by atoms with van der Waals surface area (Å²) in [4.78, 5) is 15.8. The lowest BCUT2D eigenvalue weighted by Gasteiger charge is -1.81. The molecule has 0 aromatic carbocycles. The number of nitrogens with one attached hydrogen (secondary N) is 1. The molecule has 1 N–H and O–H groups in total. The summed E-state index contributed by atoms with van der Waals surface area (Å²) in [6.07, 6.45) is 4.28. The number of hydrogen-bond donors (Lipinski definition) is 1. The summed E-state index contributed by atoms with van der Waals surface area (Å²) in [7, 11) is 0. The Morgan fingerprint density at radius 3 is 3.00 bits per heavy atom. The number of aromatic nitrogens is 2. The third-order valence-corrected chi connectivity index (χ3v) is 1.05. The second-order valence-electron chi connectivity index (χ2n) is 1.80. The van der Waals surface area contributed by atoms with E-state index < -0.39 is 4.92 Å². The molecule has 0 unspecified atom stereocenters. The molecule has 0 bridgehead atoms. The van der Waals surface area contributed by atoms with Crippen LogP contribution in [0.15, 0.2) is 18.9 Å². The second-order valence-corrected chi connectivity index (χ2v) is 1.80. The van der Waals surface area contributed by atoms with Crippen molar-refractivity contribution in [2.75, 3.05) is 0 Å². The molecule has 5 heteroatoms. The molecule has 11 heavy (non-hydrogen) atoms. The SMILES string of the molecule is C=C[CH]c1nc([N+](=O)[O-])c[nH]1. The quantitative estimate of drug-likeness (QED) is 0.519. The minimum atomic E-state index is -0.559. The Morgan fingerprint density at radius 1 is 1.82 bits per heavy atom. The van der Waals surface area contributed by atoms with Crippen LogP contribution in [0.25, 0.3) is 0 Å². The highest BCUT2D eigenvalue weighted by atomic mass is 16.6. The first-order valence-corrected chi connectivity index (χ1v) is 2.89. The van der Waals surface area contributed by atoms with Crippen molar-refractivity contribution in [3.63, 3.8) is 0 Å². The molecule has 0 aliphatic heterocycles. The van der Waals surface area contributed by atoms with Gasteiger partial charge >= 0.3 is 5.82 Å². The summed E-state index contributed by atoms with van der Waals surface area (Å²) < 4.78 is 0. The highest BCUT2D eigenvalue weighted by Crippen LogP contribution is 2.06. The lowest BCUT2D eigenvalue weighted by molar-refractivity contribution is -0.389. The molecule has 0 saturated carbocycles. The maximum Gasteiger partial charge on any atom is 0.381 e. The molecule has 1 heterocycles. The number of rotatable bonds is 3. The highest BCUT2D eigenvalue weighted by molar-refractivity contribution is 5.21. The predicted molar refractivity (Wildman–Crippen MR) is 38.8 cm³/mol. The Morgan fingerprint density at radius 2 is 2.55 bits per heavy atom. The van der Waals surface area contributed by atoms with Gasteiger partial charge in [-0.05, 0) is 9.91 Å². The average molecular weight is 152 g/mol. The van der Waals surface area contributed by atoms with Crippen LogP contribution < -0.4 is 0 Å². The lowest BCUT2D eigenvalue weighted by atomic mass is 10.4. The summed E-state index contributed by atoms with van der Waals surface area (Å²) in [5, 5.41) is 10.1. The van der Waals surface area contributed by atoms with Gasteiger partial charge in [0.1, 0.15) is 6.20 Å². The van der Waals surface area contributed by atoms with E-state index in [4.69, 9.17) is 0 Å². The zero-order valence-corrected chi connectivity index (χ0v) is 5.65. The van der Waals surface area contributed by atoms with E-state index in [0.29, 0.717) is 5.82 Å². The predicted octanol–water partition coefficient (Wildman–Crippen LogP) is 1.06. The number of allylic oxidation sites excluding steroid dienone is 1. The summed E-state index contributed by atoms with van der Waals surface area (Å²) >= 11 is 0. The topological polar surface area (TPSA) is 71.8 Å². The molecular weight excluding hydrogens is 146 g/mol. The van der Waals surface area contributed by atoms with Gasteiger partial charge in [-0.2, -0.15) is 0 Å². The van der Waals surface area contributed by atoms with Crippen molar-refractivity contribution in [2.24, 2.45) is 0 Å². The van der Waals surface area contributed by atoms with Crippen LogP contribution >= 0.6 is 0 Å². The highest BCUT2D eigenvalue weighted by Gasteiger charge is 2.10. The molecular formula is C6H6N3O2. The van der Waals surface area contributed by atoms with Gasteiger partial charge in [0.2, 0.25) is 5.82 Å². The Hall–Kier alpha value is -1.65. The van der Waals surface area contributed by atoms with Crippen LogP contribution in [0.1, 0.15) is 5.82 Å². The van der Waals surface area contributed by atoms with Crippen molar-refractivity contribution in [3.8, 4) is 0 Å². The average Bonchev–Trinajstić information content (AvgIpc) is 2.37. The van der Waals surface area contributed by atoms with Crippen molar-refractivity contribution in [3.05, 3.63) is 41.2 Å². The molecule has 1 aromatic heterocycles. The first kappa shape index (κ1) is 7.46. The fourth-order valence-electron chi connectivity index (χ4n) is 0.617. The number of nitrogens with zero attached hydrogens (tertiary/aromatic N) is 2. The molecule has 0 aliphatic carbocycles. The summed E-state index contributed by atoms with van der Waals surface area (Å²) in [5.74, 6) is 0.254. The number of hydrogen-bond acceptors (Lipinski definition) is 3. The molecule has 1 radical (unpaired) electrons. The van der Waals surface area contributed by atoms with Gasteiger partial charge in [-0.1, -0.05) is 6.08 Å². The van der Waals surface area contributed by atoms with Crippen molar-refractivity contribution >= 4 is 5.82 Å². The number of nitro groups is 1. The lowest BCUT2D eigenvalue weighted by Crippen LogP contribution is -1.87. The maximum atomic E-state index is 10.1. The largest absolute Gasteiger partial charge is 0.381 e. The van der Waals surface area contributed by atoms with Crippen LogP contribution in [0.4, 0.5) is 5.82 Å². The van der Waals surface area contributed by atoms with Crippen LogP contribution in [-0.2, 0) is 0 Å². The second kappa shape index (κ2) is 2.96. The molecule has 57 valence electrons. The van der Waals surface area contributed by atoms with Crippen LogP contribution in [0, 0.1) is 16.5 Å². The number of imidazole rings is 1. The van der Waals surface area contributed by atoms with Gasteiger partial charge in [0.25, 0.3) is 0 Å². The van der Waals surface area contributed by atoms with Gasteiger partial charge < -0.3 is 15.1 Å². The van der Waals surface area contributed by atoms with Crippen LogP contribution in [-0.4, -0.2) is 14.9 Å². The van der Waals surface area contributed by atoms with E-state index in [1.54, 1.807) is 6.42 Å². The minimum Gasteiger partial charge on any atom is -0.358 e. The maximum absolute atomic E-state index is 10.1. The Bertz CT molecular complexity index is 279. The monoisotopic (exact) mass is 152 g/mol. The van der Waals surface area contributed by atoms with Gasteiger partial charge in [0.15, 0.2) is 0 Å². The third-order valence-electron chi connectivity index (χ3n) is 1.05. The van der Waals surface area contributed by atoms with E-state index in [1.165, 1.54) is 12.3 Å². The summed E-state index contributed by atoms with van der Waals surface area (Å²) in [6, 6.07) is 0. The minimum absolute atomic E-state index is 0.182. The Balaban J connectivity index is 2.81. The molecule has 0 saturated heterocycles. The molecule has 0 aliphatic rings. The Labute approximate surface area is 62.9 Å². The van der Waals surface area contributed by atoms with Crippen molar-refractivity contribution in [1.29, 1.82) is 0 Å². The summed E-state index contributed by atoms with van der Waals surface area (Å²) in [6.45, 7) is 3.42. The van der Waals surface area contributed by atoms with E-state index >= 15 is 0 Å². The van der Waals surface area contributed by atoms with Gasteiger partial charge in [0.05, 0.1) is 6.42 Å². The normalized spacial score (nSPS) is 9.45. The molecule has 1 rings (SSSR count). The van der Waals surface area contributed by atoms with Gasteiger partial charge in [-0.25, -0.2) is 0 Å². The first-order chi connectivity index (χ1) is 5.24. The van der Waals surface area contributed by atoms with E-state index in [9.17, 15) is 10.1 Å². The van der Waals surface area contributed by atoms with Crippen LogP contribution in [0.5, 0.6) is 0 Å². The fourth-order valence-corrected chi connectivity index (χ4v) is 0.617. The van der Waals surface area contributed by atoms with E-state index in [0.717, 1.165) is 0 Å². The van der Waals surface area contributed by atoms with Crippen LogP contribution in [0.2, 0.25) is 0 Å². The molecule has 0 amide bonds. The zero-order chi connectivity index (χ0) is 8.27. The van der Waals surface area contributed by atoms with Gasteiger partial charge in [-0.15, -0.1) is 6.58 Å². The van der Waals surface area contributed by atoms with E-state index in [2.05, 4.69) is 16.5 Å². The first-order valence-electron chi connectivity index (χ1n) is 2.89. The van der Waals surface area contributed by atoms with Gasteiger partial charge in [-0.3, -0.25) is 0 Å². The molecule has 5 nitrogen and oxygen atoms in total. The zero-order valence-electron chi connectivity index (χ0n) is 5.65. The van der Waals surface area contributed by atoms with Crippen molar-refractivity contribution in [2.45, 2.75) is 0 Å². The van der Waals surface area contributed by atoms with Crippen LogP contribution in [0.3, 0.4) is 0 Å². The van der Waals surface area contributed by atoms with Crippen molar-refractivity contribution in [1.82, 2.24) is 9.97 Å². The third kappa shape index (κ3) is 1.64. The number of H-pyrrole nitrogens is 1. The standard InChI is InChI=1S/C6H6N3O2/c1-2-3-5-7-4-6(8-5)9(10)11/h2-4H,1H2,(H,7,8). The van der Waals surface area contributed by atoms with E-state index in [1.807, 2.05) is 0 Å².